The minimum atomic E-state index is -0.422. The molecule has 2 aromatic rings. The number of aryl methyl sites for hydroxylation is 1. The summed E-state index contributed by atoms with van der Waals surface area (Å²) < 4.78 is 25.6. The number of likely N-dealkylation sites (tertiary alicyclic amines) is 1. The first-order chi connectivity index (χ1) is 12.6. The number of piperidine rings is 1. The van der Waals surface area contributed by atoms with Crippen LogP contribution in [0.1, 0.15) is 30.7 Å². The van der Waals surface area contributed by atoms with Gasteiger partial charge in [-0.2, -0.15) is 0 Å². The molecule has 0 N–H and O–H groups in total. The van der Waals surface area contributed by atoms with Gasteiger partial charge >= 0.3 is 0 Å². The lowest BCUT2D eigenvalue weighted by Gasteiger charge is -2.38. The summed E-state index contributed by atoms with van der Waals surface area (Å²) in [5.41, 5.74) is 2.02. The molecule has 2 aliphatic rings. The van der Waals surface area contributed by atoms with Gasteiger partial charge in [0.25, 0.3) is 5.88 Å². The molecule has 0 aromatic carbocycles. The van der Waals surface area contributed by atoms with Crippen LogP contribution in [0.15, 0.2) is 36.5 Å². The number of halogens is 1. The van der Waals surface area contributed by atoms with E-state index in [1.165, 1.54) is 6.07 Å². The highest BCUT2D eigenvalue weighted by atomic mass is 19.1. The van der Waals surface area contributed by atoms with Crippen LogP contribution < -0.4 is 4.74 Å². The van der Waals surface area contributed by atoms with Crippen molar-refractivity contribution in [2.75, 3.05) is 19.7 Å². The molecule has 2 aromatic heterocycles. The van der Waals surface area contributed by atoms with E-state index in [9.17, 15) is 4.39 Å². The molecule has 138 valence electrons. The van der Waals surface area contributed by atoms with Crippen molar-refractivity contribution in [1.29, 1.82) is 0 Å². The van der Waals surface area contributed by atoms with Crippen LogP contribution in [-0.2, 0) is 11.3 Å². The van der Waals surface area contributed by atoms with Crippen molar-refractivity contribution >= 4 is 0 Å². The van der Waals surface area contributed by atoms with Gasteiger partial charge in [-0.15, -0.1) is 0 Å². The molecule has 0 radical (unpaired) electrons. The van der Waals surface area contributed by atoms with Crippen LogP contribution in [0.3, 0.4) is 0 Å². The molecule has 2 fully saturated rings. The van der Waals surface area contributed by atoms with E-state index in [1.807, 2.05) is 13.0 Å². The van der Waals surface area contributed by atoms with Gasteiger partial charge < -0.3 is 9.47 Å². The lowest BCUT2D eigenvalue weighted by atomic mass is 9.88. The van der Waals surface area contributed by atoms with Crippen molar-refractivity contribution in [3.05, 3.63) is 53.7 Å². The maximum Gasteiger partial charge on any atom is 0.250 e. The third-order valence-electron chi connectivity index (χ3n) is 5.28. The number of aromatic nitrogens is 2. The second-order valence-electron chi connectivity index (χ2n) is 7.27. The molecule has 4 rings (SSSR count). The van der Waals surface area contributed by atoms with Crippen molar-refractivity contribution in [3.8, 4) is 5.88 Å². The summed E-state index contributed by atoms with van der Waals surface area (Å²) in [6.07, 6.45) is 4.12. The Morgan fingerprint density at radius 2 is 2.12 bits per heavy atom. The third kappa shape index (κ3) is 3.86. The lowest BCUT2D eigenvalue weighted by molar-refractivity contribution is -0.0456. The van der Waals surface area contributed by atoms with Gasteiger partial charge in [0.05, 0.1) is 17.9 Å². The smallest absolute Gasteiger partial charge is 0.250 e. The molecule has 0 bridgehead atoms. The zero-order valence-electron chi connectivity index (χ0n) is 15.0. The number of pyridine rings is 2. The van der Waals surface area contributed by atoms with Crippen LogP contribution >= 0.6 is 0 Å². The molecule has 6 heteroatoms. The lowest BCUT2D eigenvalue weighted by Crippen LogP contribution is -2.44. The van der Waals surface area contributed by atoms with E-state index in [-0.39, 0.29) is 17.6 Å². The summed E-state index contributed by atoms with van der Waals surface area (Å²) in [7, 11) is 0. The van der Waals surface area contributed by atoms with E-state index < -0.39 is 5.82 Å². The van der Waals surface area contributed by atoms with Crippen LogP contribution in [0.5, 0.6) is 5.88 Å². The molecular weight excluding hydrogens is 333 g/mol. The standard InChI is InChI=1S/C20H24FN3O2/c1-15-4-2-5-16(23-15)13-24-10-7-20(8-11-24)12-17(14-25-20)26-19-18(21)6-3-9-22-19/h2-6,9,17H,7-8,10-14H2,1H3. The van der Waals surface area contributed by atoms with Crippen molar-refractivity contribution in [3.63, 3.8) is 0 Å². The fraction of sp³-hybridized carbons (Fsp3) is 0.500. The Morgan fingerprint density at radius 1 is 1.27 bits per heavy atom. The first kappa shape index (κ1) is 17.4. The predicted molar refractivity (Wildman–Crippen MR) is 95.4 cm³/mol. The molecule has 2 aliphatic heterocycles. The van der Waals surface area contributed by atoms with E-state index in [0.29, 0.717) is 6.61 Å². The van der Waals surface area contributed by atoms with Crippen molar-refractivity contribution < 1.29 is 13.9 Å². The topological polar surface area (TPSA) is 47.5 Å². The summed E-state index contributed by atoms with van der Waals surface area (Å²) in [4.78, 5) is 11.0. The summed E-state index contributed by atoms with van der Waals surface area (Å²) in [5, 5.41) is 0. The van der Waals surface area contributed by atoms with Crippen LogP contribution in [0.4, 0.5) is 4.39 Å². The normalized spacial score (nSPS) is 22.6. The molecule has 26 heavy (non-hydrogen) atoms. The Labute approximate surface area is 153 Å². The Morgan fingerprint density at radius 3 is 2.88 bits per heavy atom. The van der Waals surface area contributed by atoms with Gasteiger partial charge in [-0.1, -0.05) is 6.07 Å². The number of nitrogens with zero attached hydrogens (tertiary/aromatic N) is 3. The quantitative estimate of drug-likeness (QED) is 0.841. The highest BCUT2D eigenvalue weighted by Crippen LogP contribution is 2.37. The van der Waals surface area contributed by atoms with Gasteiger partial charge in [0.15, 0.2) is 5.82 Å². The zero-order chi connectivity index (χ0) is 18.0. The molecular formula is C20H24FN3O2. The van der Waals surface area contributed by atoms with Gasteiger partial charge in [0.2, 0.25) is 0 Å². The fourth-order valence-corrected chi connectivity index (χ4v) is 3.88. The molecule has 1 unspecified atom stereocenters. The molecule has 1 atom stereocenters. The minimum Gasteiger partial charge on any atom is -0.470 e. The summed E-state index contributed by atoms with van der Waals surface area (Å²) in [5.74, 6) is -0.352. The molecule has 4 heterocycles. The Balaban J connectivity index is 1.31. The largest absolute Gasteiger partial charge is 0.470 e. The van der Waals surface area contributed by atoms with Gasteiger partial charge in [-0.25, -0.2) is 9.37 Å². The summed E-state index contributed by atoms with van der Waals surface area (Å²) in [6.45, 7) is 5.33. The number of ether oxygens (including phenoxy) is 2. The predicted octanol–water partition coefficient (Wildman–Crippen LogP) is 3.13. The minimum absolute atomic E-state index is 0.0705. The maximum atomic E-state index is 13.7. The van der Waals surface area contributed by atoms with Crippen LogP contribution in [0.2, 0.25) is 0 Å². The molecule has 1 spiro atoms. The van der Waals surface area contributed by atoms with Crippen molar-refractivity contribution in [2.45, 2.75) is 44.4 Å². The molecule has 0 aliphatic carbocycles. The molecule has 0 saturated carbocycles. The van der Waals surface area contributed by atoms with Gasteiger partial charge in [0, 0.05) is 37.9 Å². The Hall–Kier alpha value is -2.05. The van der Waals surface area contributed by atoms with Gasteiger partial charge in [-0.05, 0) is 44.0 Å². The molecule has 0 amide bonds. The average Bonchev–Trinajstić information content (AvgIpc) is 3.02. The number of hydrogen-bond acceptors (Lipinski definition) is 5. The first-order valence-electron chi connectivity index (χ1n) is 9.18. The average molecular weight is 357 g/mol. The number of hydrogen-bond donors (Lipinski definition) is 0. The Bertz CT molecular complexity index is 762. The summed E-state index contributed by atoms with van der Waals surface area (Å²) >= 11 is 0. The van der Waals surface area contributed by atoms with Crippen LogP contribution in [0.25, 0.3) is 0 Å². The number of rotatable bonds is 4. The van der Waals surface area contributed by atoms with E-state index >= 15 is 0 Å². The van der Waals surface area contributed by atoms with Gasteiger partial charge in [0.1, 0.15) is 6.10 Å². The van der Waals surface area contributed by atoms with Crippen molar-refractivity contribution in [1.82, 2.24) is 14.9 Å². The highest BCUT2D eigenvalue weighted by Gasteiger charge is 2.43. The maximum absolute atomic E-state index is 13.7. The van der Waals surface area contributed by atoms with E-state index in [0.717, 1.165) is 50.3 Å². The first-order valence-corrected chi connectivity index (χ1v) is 9.18. The monoisotopic (exact) mass is 357 g/mol. The van der Waals surface area contributed by atoms with Crippen molar-refractivity contribution in [2.24, 2.45) is 0 Å². The SMILES string of the molecule is Cc1cccc(CN2CCC3(CC2)CC(Oc2ncccc2F)CO3)n1. The van der Waals surface area contributed by atoms with Crippen LogP contribution in [-0.4, -0.2) is 46.3 Å². The van der Waals surface area contributed by atoms with E-state index in [2.05, 4.69) is 27.0 Å². The van der Waals surface area contributed by atoms with E-state index in [4.69, 9.17) is 9.47 Å². The second kappa shape index (κ2) is 7.29. The molecule has 2 saturated heterocycles. The van der Waals surface area contributed by atoms with Crippen LogP contribution in [0, 0.1) is 12.7 Å². The third-order valence-corrected chi connectivity index (χ3v) is 5.28. The highest BCUT2D eigenvalue weighted by molar-refractivity contribution is 5.14. The van der Waals surface area contributed by atoms with E-state index in [1.54, 1.807) is 12.3 Å². The molecule has 5 nitrogen and oxygen atoms in total. The summed E-state index contributed by atoms with van der Waals surface area (Å²) in [6, 6.07) is 9.08. The fourth-order valence-electron chi connectivity index (χ4n) is 3.88. The zero-order valence-corrected chi connectivity index (χ0v) is 15.0. The van der Waals surface area contributed by atoms with Gasteiger partial charge in [-0.3, -0.25) is 9.88 Å². The Kier molecular flexibility index (Phi) is 4.87. The second-order valence-corrected chi connectivity index (χ2v) is 7.27.